The zero-order valence-corrected chi connectivity index (χ0v) is 7.61. The second-order valence-electron chi connectivity index (χ2n) is 2.41. The maximum Gasteiger partial charge on any atom is 0.186 e. The normalized spacial score (nSPS) is 11.0. The fourth-order valence-corrected chi connectivity index (χ4v) is 0.614. The molecule has 0 rings (SSSR count). The first-order valence-electron chi connectivity index (χ1n) is 3.92. The van der Waals surface area contributed by atoms with Gasteiger partial charge in [0, 0.05) is 5.70 Å². The Bertz CT molecular complexity index is 150. The molecule has 0 bridgehead atoms. The maximum atomic E-state index is 5.34. The largest absolute Gasteiger partial charge is 0.479 e. The van der Waals surface area contributed by atoms with E-state index in [1.54, 1.807) is 0 Å². The molecule has 0 aromatic heterocycles. The van der Waals surface area contributed by atoms with E-state index in [4.69, 9.17) is 4.74 Å². The van der Waals surface area contributed by atoms with Crippen LogP contribution in [0.1, 0.15) is 27.2 Å². The van der Waals surface area contributed by atoms with Gasteiger partial charge in [-0.2, -0.15) is 0 Å². The molecule has 1 N–H and O–H groups in total. The van der Waals surface area contributed by atoms with Crippen LogP contribution in [0.4, 0.5) is 0 Å². The lowest BCUT2D eigenvalue weighted by Gasteiger charge is -2.10. The average Bonchev–Trinajstić information content (AvgIpc) is 1.97. The minimum Gasteiger partial charge on any atom is -0.479 e. The molecule has 11 heavy (non-hydrogen) atoms. The summed E-state index contributed by atoms with van der Waals surface area (Å²) in [6, 6.07) is 0. The van der Waals surface area contributed by atoms with Crippen LogP contribution in [0.2, 0.25) is 0 Å². The van der Waals surface area contributed by atoms with Crippen molar-refractivity contribution in [3.63, 3.8) is 0 Å². The maximum absolute atomic E-state index is 5.34. The highest BCUT2D eigenvalue weighted by Gasteiger charge is 1.93. The van der Waals surface area contributed by atoms with E-state index < -0.39 is 0 Å². The van der Waals surface area contributed by atoms with Crippen molar-refractivity contribution in [3.05, 3.63) is 24.2 Å². The van der Waals surface area contributed by atoms with E-state index in [2.05, 4.69) is 18.8 Å². The van der Waals surface area contributed by atoms with Gasteiger partial charge in [0.1, 0.15) is 0 Å². The molecule has 0 radical (unpaired) electrons. The lowest BCUT2D eigenvalue weighted by atomic mass is 10.5. The fourth-order valence-electron chi connectivity index (χ4n) is 0.614. The van der Waals surface area contributed by atoms with Crippen LogP contribution in [0.3, 0.4) is 0 Å². The molecular formula is C9H17NO. The van der Waals surface area contributed by atoms with E-state index in [0.29, 0.717) is 0 Å². The molecule has 2 heteroatoms. The quantitative estimate of drug-likeness (QED) is 0.615. The Morgan fingerprint density at radius 1 is 1.64 bits per heavy atom. The van der Waals surface area contributed by atoms with Gasteiger partial charge in [-0.25, -0.2) is 0 Å². The molecular weight excluding hydrogens is 138 g/mol. The van der Waals surface area contributed by atoms with Gasteiger partial charge in [0.05, 0.1) is 6.61 Å². The van der Waals surface area contributed by atoms with Crippen LogP contribution < -0.4 is 5.32 Å². The first-order chi connectivity index (χ1) is 5.20. The fraction of sp³-hybridized carbons (Fsp3) is 0.556. The van der Waals surface area contributed by atoms with Crippen LogP contribution in [0.5, 0.6) is 0 Å². The number of rotatable bonds is 5. The van der Waals surface area contributed by atoms with Gasteiger partial charge in [-0.1, -0.05) is 13.5 Å². The molecule has 0 aromatic carbocycles. The molecule has 0 aliphatic heterocycles. The zero-order chi connectivity index (χ0) is 8.69. The first kappa shape index (κ1) is 10.1. The summed E-state index contributed by atoms with van der Waals surface area (Å²) in [7, 11) is 0. The second kappa shape index (κ2) is 5.83. The van der Waals surface area contributed by atoms with Gasteiger partial charge in [-0.05, 0) is 26.3 Å². The highest BCUT2D eigenvalue weighted by atomic mass is 16.5. The van der Waals surface area contributed by atoms with E-state index >= 15 is 0 Å². The predicted octanol–water partition coefficient (Wildman–Crippen LogP) is 2.40. The lowest BCUT2D eigenvalue weighted by molar-refractivity contribution is 0.196. The molecule has 0 saturated carbocycles. The van der Waals surface area contributed by atoms with Crippen molar-refractivity contribution < 1.29 is 4.74 Å². The Labute approximate surface area is 68.9 Å². The van der Waals surface area contributed by atoms with Crippen molar-refractivity contribution in [2.24, 2.45) is 0 Å². The van der Waals surface area contributed by atoms with Crippen molar-refractivity contribution in [3.8, 4) is 0 Å². The number of hydrogen-bond acceptors (Lipinski definition) is 2. The van der Waals surface area contributed by atoms with Gasteiger partial charge in [0.25, 0.3) is 0 Å². The summed E-state index contributed by atoms with van der Waals surface area (Å²) in [6.07, 6.45) is 2.92. The van der Waals surface area contributed by atoms with E-state index in [1.807, 2.05) is 19.9 Å². The molecule has 0 aliphatic carbocycles. The van der Waals surface area contributed by atoms with Gasteiger partial charge >= 0.3 is 0 Å². The van der Waals surface area contributed by atoms with Crippen LogP contribution in [0.15, 0.2) is 24.2 Å². The van der Waals surface area contributed by atoms with Crippen molar-refractivity contribution in [2.45, 2.75) is 27.2 Å². The molecule has 0 fully saturated rings. The molecule has 0 unspecified atom stereocenters. The van der Waals surface area contributed by atoms with Crippen LogP contribution in [0.25, 0.3) is 0 Å². The SMILES string of the molecule is C=C(C)N/C(=C\C)OCCC. The Kier molecular flexibility index (Phi) is 5.35. The monoisotopic (exact) mass is 155 g/mol. The minimum absolute atomic E-state index is 0.750. The van der Waals surface area contributed by atoms with Gasteiger partial charge in [0.2, 0.25) is 0 Å². The molecule has 0 heterocycles. The third kappa shape index (κ3) is 5.52. The molecule has 0 atom stereocenters. The van der Waals surface area contributed by atoms with E-state index in [0.717, 1.165) is 24.6 Å². The molecule has 0 amide bonds. The summed E-state index contributed by atoms with van der Waals surface area (Å²) >= 11 is 0. The number of allylic oxidation sites excluding steroid dienone is 2. The Morgan fingerprint density at radius 3 is 2.64 bits per heavy atom. The van der Waals surface area contributed by atoms with Gasteiger partial charge in [-0.3, -0.25) is 0 Å². The molecule has 0 aromatic rings. The third-order valence-corrected chi connectivity index (χ3v) is 1.06. The van der Waals surface area contributed by atoms with E-state index in [9.17, 15) is 0 Å². The van der Waals surface area contributed by atoms with Crippen LogP contribution in [-0.4, -0.2) is 6.61 Å². The van der Waals surface area contributed by atoms with Crippen LogP contribution in [-0.2, 0) is 4.74 Å². The summed E-state index contributed by atoms with van der Waals surface area (Å²) < 4.78 is 5.34. The van der Waals surface area contributed by atoms with Gasteiger partial charge < -0.3 is 10.1 Å². The standard InChI is InChI=1S/C9H17NO/c1-5-7-11-9(6-2)10-8(3)4/h6,10H,3,5,7H2,1-2,4H3/b9-6+. The van der Waals surface area contributed by atoms with Crippen molar-refractivity contribution in [2.75, 3.05) is 6.61 Å². The highest BCUT2D eigenvalue weighted by molar-refractivity contribution is 4.99. The number of hydrogen-bond donors (Lipinski definition) is 1. The highest BCUT2D eigenvalue weighted by Crippen LogP contribution is 1.96. The molecule has 0 aliphatic rings. The zero-order valence-electron chi connectivity index (χ0n) is 7.61. The second-order valence-corrected chi connectivity index (χ2v) is 2.41. The Hall–Kier alpha value is -0.920. The Balaban J connectivity index is 3.69. The van der Waals surface area contributed by atoms with Crippen LogP contribution in [0, 0.1) is 0 Å². The average molecular weight is 155 g/mol. The van der Waals surface area contributed by atoms with E-state index in [1.165, 1.54) is 0 Å². The molecule has 64 valence electrons. The van der Waals surface area contributed by atoms with E-state index in [-0.39, 0.29) is 0 Å². The number of nitrogens with one attached hydrogen (secondary N) is 1. The molecule has 0 saturated heterocycles. The minimum atomic E-state index is 0.750. The Morgan fingerprint density at radius 2 is 2.27 bits per heavy atom. The molecule has 0 spiro atoms. The summed E-state index contributed by atoms with van der Waals surface area (Å²) in [5.41, 5.74) is 0.897. The predicted molar refractivity (Wildman–Crippen MR) is 47.9 cm³/mol. The summed E-state index contributed by atoms with van der Waals surface area (Å²) in [6.45, 7) is 10.4. The lowest BCUT2D eigenvalue weighted by Crippen LogP contribution is -2.12. The van der Waals surface area contributed by atoms with Gasteiger partial charge in [-0.15, -0.1) is 0 Å². The molecule has 2 nitrogen and oxygen atoms in total. The van der Waals surface area contributed by atoms with Crippen LogP contribution >= 0.6 is 0 Å². The van der Waals surface area contributed by atoms with Crippen molar-refractivity contribution in [1.82, 2.24) is 5.32 Å². The van der Waals surface area contributed by atoms with Crippen molar-refractivity contribution in [1.29, 1.82) is 0 Å². The topological polar surface area (TPSA) is 21.3 Å². The smallest absolute Gasteiger partial charge is 0.186 e. The summed E-state index contributed by atoms with van der Waals surface area (Å²) in [5.74, 6) is 0.791. The third-order valence-electron chi connectivity index (χ3n) is 1.06. The van der Waals surface area contributed by atoms with Crippen molar-refractivity contribution >= 4 is 0 Å². The first-order valence-corrected chi connectivity index (χ1v) is 3.92. The summed E-state index contributed by atoms with van der Waals surface area (Å²) in [4.78, 5) is 0. The van der Waals surface area contributed by atoms with Gasteiger partial charge in [0.15, 0.2) is 5.88 Å². The number of ether oxygens (including phenoxy) is 1. The summed E-state index contributed by atoms with van der Waals surface area (Å²) in [5, 5.41) is 3.01.